The fourth-order valence-corrected chi connectivity index (χ4v) is 3.76. The van der Waals surface area contributed by atoms with Gasteiger partial charge in [-0.25, -0.2) is 8.42 Å². The summed E-state index contributed by atoms with van der Waals surface area (Å²) in [6.07, 6.45) is 0. The molecule has 6 nitrogen and oxygen atoms in total. The smallest absolute Gasteiger partial charge is 0.258 e. The molecule has 2 atom stereocenters. The van der Waals surface area contributed by atoms with Crippen LogP contribution in [0.15, 0.2) is 59.5 Å². The maximum absolute atomic E-state index is 12.4. The highest BCUT2D eigenvalue weighted by Crippen LogP contribution is 2.40. The summed E-state index contributed by atoms with van der Waals surface area (Å²) in [7, 11) is -3.59. The summed E-state index contributed by atoms with van der Waals surface area (Å²) >= 11 is 0. The lowest BCUT2D eigenvalue weighted by Crippen LogP contribution is -2.12. The average Bonchev–Trinajstić information content (AvgIpc) is 3.29. The fourth-order valence-electron chi connectivity index (χ4n) is 2.21. The first-order chi connectivity index (χ1) is 10.00. The zero-order valence-corrected chi connectivity index (χ0v) is 11.7. The minimum atomic E-state index is -3.59. The van der Waals surface area contributed by atoms with Crippen molar-refractivity contribution in [2.24, 2.45) is 0 Å². The second kappa shape index (κ2) is 4.94. The first kappa shape index (κ1) is 13.7. The van der Waals surface area contributed by atoms with Crippen molar-refractivity contribution in [3.8, 4) is 0 Å². The molecule has 0 N–H and O–H groups in total. The van der Waals surface area contributed by atoms with Crippen LogP contribution in [0.4, 0.5) is 5.69 Å². The van der Waals surface area contributed by atoms with Crippen molar-refractivity contribution in [1.82, 2.24) is 4.31 Å². The molecule has 2 aromatic rings. The summed E-state index contributed by atoms with van der Waals surface area (Å²) in [6, 6.07) is 14.2. The topological polar surface area (TPSA) is 80.3 Å². The van der Waals surface area contributed by atoms with Crippen molar-refractivity contribution >= 4 is 15.7 Å². The zero-order valence-electron chi connectivity index (χ0n) is 10.9. The third kappa shape index (κ3) is 2.53. The molecule has 1 heterocycles. The SMILES string of the molecule is O=[N+]([O-])c1ccc(S(=O)(=O)N2CC2c2ccccc2)cc1. The summed E-state index contributed by atoms with van der Waals surface area (Å²) in [6.45, 7) is 0.434. The van der Waals surface area contributed by atoms with Crippen LogP contribution in [-0.4, -0.2) is 24.2 Å². The number of hydrogen-bond acceptors (Lipinski definition) is 4. The normalized spacial score (nSPS) is 21.0. The molecule has 1 aliphatic rings. The summed E-state index contributed by atoms with van der Waals surface area (Å²) in [5, 5.41) is 10.6. The Balaban J connectivity index is 1.84. The minimum Gasteiger partial charge on any atom is -0.258 e. The third-order valence-electron chi connectivity index (χ3n) is 3.41. The molecule has 1 fully saturated rings. The van der Waals surface area contributed by atoms with Crippen molar-refractivity contribution in [2.45, 2.75) is 10.9 Å². The van der Waals surface area contributed by atoms with E-state index in [-0.39, 0.29) is 16.6 Å². The van der Waals surface area contributed by atoms with E-state index in [4.69, 9.17) is 0 Å². The second-order valence-corrected chi connectivity index (χ2v) is 6.64. The number of rotatable bonds is 4. The van der Waals surface area contributed by atoms with Crippen LogP contribution in [0.3, 0.4) is 0 Å². The van der Waals surface area contributed by atoms with E-state index in [1.165, 1.54) is 28.6 Å². The molecule has 0 saturated carbocycles. The molecule has 7 heteroatoms. The van der Waals surface area contributed by atoms with Gasteiger partial charge in [0.25, 0.3) is 5.69 Å². The van der Waals surface area contributed by atoms with Crippen LogP contribution in [0.1, 0.15) is 11.6 Å². The van der Waals surface area contributed by atoms with E-state index >= 15 is 0 Å². The summed E-state index contributed by atoms with van der Waals surface area (Å²) in [5.41, 5.74) is 0.822. The van der Waals surface area contributed by atoms with Gasteiger partial charge in [0.15, 0.2) is 0 Å². The number of nitro benzene ring substituents is 1. The molecule has 2 unspecified atom stereocenters. The van der Waals surface area contributed by atoms with Crippen LogP contribution in [0.5, 0.6) is 0 Å². The number of non-ortho nitro benzene ring substituents is 1. The van der Waals surface area contributed by atoms with E-state index in [2.05, 4.69) is 0 Å². The Kier molecular flexibility index (Phi) is 3.23. The monoisotopic (exact) mass is 304 g/mol. The summed E-state index contributed by atoms with van der Waals surface area (Å²) < 4.78 is 26.2. The average molecular weight is 304 g/mol. The highest BCUT2D eigenvalue weighted by molar-refractivity contribution is 7.89. The summed E-state index contributed by atoms with van der Waals surface area (Å²) in [4.78, 5) is 10.1. The Labute approximate surface area is 121 Å². The first-order valence-electron chi connectivity index (χ1n) is 6.31. The van der Waals surface area contributed by atoms with Gasteiger partial charge >= 0.3 is 0 Å². The molecule has 0 spiro atoms. The molecule has 1 saturated heterocycles. The highest BCUT2D eigenvalue weighted by atomic mass is 32.2. The van der Waals surface area contributed by atoms with Gasteiger partial charge in [-0.1, -0.05) is 30.3 Å². The number of hydrogen-bond donors (Lipinski definition) is 0. The van der Waals surface area contributed by atoms with Crippen molar-refractivity contribution in [3.63, 3.8) is 0 Å². The number of sulfonamides is 1. The van der Waals surface area contributed by atoms with Gasteiger partial charge in [0.05, 0.1) is 15.9 Å². The predicted octanol–water partition coefficient (Wildman–Crippen LogP) is 2.34. The van der Waals surface area contributed by atoms with Gasteiger partial charge in [-0.2, -0.15) is 4.31 Å². The second-order valence-electron chi connectivity index (χ2n) is 4.75. The molecule has 108 valence electrons. The van der Waals surface area contributed by atoms with Gasteiger partial charge in [0, 0.05) is 18.7 Å². The number of nitrogens with zero attached hydrogens (tertiary/aromatic N) is 2. The van der Waals surface area contributed by atoms with Crippen LogP contribution in [0, 0.1) is 10.1 Å². The van der Waals surface area contributed by atoms with Crippen LogP contribution >= 0.6 is 0 Å². The standard InChI is InChI=1S/C14H12N2O4S/c17-16(18)12-6-8-13(9-7-12)21(19,20)15-10-14(15)11-4-2-1-3-5-11/h1-9,14H,10H2. The Bertz CT molecular complexity index is 772. The van der Waals surface area contributed by atoms with E-state index < -0.39 is 14.9 Å². The Morgan fingerprint density at radius 2 is 1.67 bits per heavy atom. The molecule has 21 heavy (non-hydrogen) atoms. The van der Waals surface area contributed by atoms with Crippen molar-refractivity contribution in [3.05, 3.63) is 70.3 Å². The molecule has 0 bridgehead atoms. The molecular weight excluding hydrogens is 292 g/mol. The third-order valence-corrected chi connectivity index (χ3v) is 5.29. The van der Waals surface area contributed by atoms with Crippen molar-refractivity contribution in [1.29, 1.82) is 0 Å². The van der Waals surface area contributed by atoms with E-state index in [0.29, 0.717) is 6.54 Å². The number of nitro groups is 1. The Morgan fingerprint density at radius 3 is 2.24 bits per heavy atom. The van der Waals surface area contributed by atoms with Gasteiger partial charge in [-0.3, -0.25) is 10.1 Å². The molecule has 0 amide bonds. The lowest BCUT2D eigenvalue weighted by atomic mass is 10.2. The molecule has 2 aromatic carbocycles. The van der Waals surface area contributed by atoms with E-state index in [9.17, 15) is 18.5 Å². The molecule has 0 aliphatic carbocycles. The fraction of sp³-hybridized carbons (Fsp3) is 0.143. The first-order valence-corrected chi connectivity index (χ1v) is 7.75. The molecule has 0 radical (unpaired) electrons. The van der Waals surface area contributed by atoms with Crippen LogP contribution in [0.25, 0.3) is 0 Å². The quantitative estimate of drug-likeness (QED) is 0.493. The van der Waals surface area contributed by atoms with E-state index in [1.807, 2.05) is 30.3 Å². The van der Waals surface area contributed by atoms with Gasteiger partial charge in [0.2, 0.25) is 10.0 Å². The van der Waals surface area contributed by atoms with Crippen LogP contribution in [0.2, 0.25) is 0 Å². The van der Waals surface area contributed by atoms with Crippen molar-refractivity contribution < 1.29 is 13.3 Å². The lowest BCUT2D eigenvalue weighted by Gasteiger charge is -2.06. The predicted molar refractivity (Wildman–Crippen MR) is 76.2 cm³/mol. The van der Waals surface area contributed by atoms with Crippen LogP contribution in [-0.2, 0) is 10.0 Å². The number of benzene rings is 2. The maximum atomic E-state index is 12.4. The lowest BCUT2D eigenvalue weighted by molar-refractivity contribution is -0.384. The zero-order chi connectivity index (χ0) is 15.0. The van der Waals surface area contributed by atoms with Gasteiger partial charge < -0.3 is 0 Å². The highest BCUT2D eigenvalue weighted by Gasteiger charge is 2.45. The largest absolute Gasteiger partial charge is 0.269 e. The van der Waals surface area contributed by atoms with Gasteiger partial charge in [-0.05, 0) is 17.7 Å². The van der Waals surface area contributed by atoms with Crippen LogP contribution < -0.4 is 0 Å². The Hall–Kier alpha value is -2.25. The van der Waals surface area contributed by atoms with E-state index in [0.717, 1.165) is 5.56 Å². The molecule has 1 aliphatic heterocycles. The van der Waals surface area contributed by atoms with Crippen molar-refractivity contribution in [2.75, 3.05) is 6.54 Å². The maximum Gasteiger partial charge on any atom is 0.269 e. The van der Waals surface area contributed by atoms with Gasteiger partial charge in [0.1, 0.15) is 0 Å². The van der Waals surface area contributed by atoms with Gasteiger partial charge in [-0.15, -0.1) is 0 Å². The molecule has 3 rings (SSSR count). The molecular formula is C14H12N2O4S. The Morgan fingerprint density at radius 1 is 1.05 bits per heavy atom. The van der Waals surface area contributed by atoms with E-state index in [1.54, 1.807) is 0 Å². The molecule has 0 aromatic heterocycles. The summed E-state index contributed by atoms with van der Waals surface area (Å²) in [5.74, 6) is 0. The minimum absolute atomic E-state index is 0.0755.